The molecule has 1 aliphatic rings. The van der Waals surface area contributed by atoms with E-state index in [2.05, 4.69) is 5.32 Å². The molecule has 0 spiro atoms. The van der Waals surface area contributed by atoms with E-state index in [1.165, 1.54) is 36.4 Å². The van der Waals surface area contributed by atoms with Gasteiger partial charge in [0.25, 0.3) is 11.1 Å². The lowest BCUT2D eigenvalue weighted by Gasteiger charge is -2.12. The fourth-order valence-corrected chi connectivity index (χ4v) is 4.08. The summed E-state index contributed by atoms with van der Waals surface area (Å²) >= 11 is 12.8. The van der Waals surface area contributed by atoms with Crippen molar-refractivity contribution < 1.29 is 33.4 Å². The quantitative estimate of drug-likeness (QED) is 0.547. The number of benzene rings is 2. The summed E-state index contributed by atoms with van der Waals surface area (Å²) < 4.78 is 18.3. The van der Waals surface area contributed by atoms with Gasteiger partial charge in [-0.3, -0.25) is 19.3 Å². The van der Waals surface area contributed by atoms with E-state index in [1.807, 2.05) is 0 Å². The van der Waals surface area contributed by atoms with Gasteiger partial charge < -0.3 is 15.2 Å². The first-order valence-corrected chi connectivity index (χ1v) is 10.4. The van der Waals surface area contributed by atoms with Crippen molar-refractivity contribution in [3.05, 3.63) is 62.7 Å². The molecule has 0 aliphatic carbocycles. The highest BCUT2D eigenvalue weighted by atomic mass is 35.5. The van der Waals surface area contributed by atoms with Crippen LogP contribution >= 0.6 is 35.0 Å². The fraction of sp³-hybridized carbons (Fsp3) is 0.100. The van der Waals surface area contributed by atoms with Gasteiger partial charge >= 0.3 is 5.97 Å². The van der Waals surface area contributed by atoms with Gasteiger partial charge in [-0.15, -0.1) is 0 Å². The lowest BCUT2D eigenvalue weighted by molar-refractivity contribution is -0.139. The van der Waals surface area contributed by atoms with E-state index in [0.717, 1.165) is 11.0 Å². The fourth-order valence-electron chi connectivity index (χ4n) is 2.63. The molecule has 1 saturated heterocycles. The molecule has 0 radical (unpaired) electrons. The van der Waals surface area contributed by atoms with Gasteiger partial charge in [-0.05, 0) is 53.7 Å². The minimum atomic E-state index is -1.21. The molecule has 2 N–H and O–H groups in total. The van der Waals surface area contributed by atoms with Crippen LogP contribution in [-0.4, -0.2) is 46.2 Å². The number of aliphatic carboxylic acids is 1. The molecule has 1 fully saturated rings. The molecule has 8 nitrogen and oxygen atoms in total. The van der Waals surface area contributed by atoms with Crippen molar-refractivity contribution in [3.63, 3.8) is 0 Å². The summed E-state index contributed by atoms with van der Waals surface area (Å²) in [5.74, 6) is -3.17. The Bertz CT molecular complexity index is 1130. The maximum atomic E-state index is 13.2. The minimum Gasteiger partial charge on any atom is -0.479 e. The lowest BCUT2D eigenvalue weighted by atomic mass is 10.2. The highest BCUT2D eigenvalue weighted by Gasteiger charge is 2.36. The van der Waals surface area contributed by atoms with Gasteiger partial charge in [-0.25, -0.2) is 9.18 Å². The van der Waals surface area contributed by atoms with Crippen molar-refractivity contribution in [2.24, 2.45) is 0 Å². The molecule has 1 heterocycles. The molecule has 0 unspecified atom stereocenters. The highest BCUT2D eigenvalue weighted by Crippen LogP contribution is 2.37. The number of imide groups is 1. The smallest absolute Gasteiger partial charge is 0.341 e. The van der Waals surface area contributed by atoms with Crippen molar-refractivity contribution in [2.45, 2.75) is 0 Å². The molecule has 0 saturated carbocycles. The van der Waals surface area contributed by atoms with Gasteiger partial charge in [0, 0.05) is 5.69 Å². The first-order chi connectivity index (χ1) is 15.1. The SMILES string of the molecule is O=C(O)COc1c(Cl)cc(/C=C2/SC(=O)N(CC(=O)Nc3cccc(F)c3)C2=O)cc1Cl. The minimum absolute atomic E-state index is 0.0127. The molecule has 2 aromatic carbocycles. The average Bonchev–Trinajstić information content (AvgIpc) is 2.94. The number of amides is 3. The number of hydrogen-bond acceptors (Lipinski definition) is 6. The Hall–Kier alpha value is -3.08. The van der Waals surface area contributed by atoms with Gasteiger partial charge in [0.2, 0.25) is 5.91 Å². The second kappa shape index (κ2) is 10.0. The molecule has 2 aromatic rings. The zero-order valence-corrected chi connectivity index (χ0v) is 18.3. The number of carbonyl (C=O) groups is 4. The van der Waals surface area contributed by atoms with Gasteiger partial charge in [-0.2, -0.15) is 0 Å². The zero-order valence-electron chi connectivity index (χ0n) is 15.9. The number of halogens is 3. The monoisotopic (exact) mass is 498 g/mol. The highest BCUT2D eigenvalue weighted by molar-refractivity contribution is 8.18. The summed E-state index contributed by atoms with van der Waals surface area (Å²) in [7, 11) is 0. The van der Waals surface area contributed by atoms with Crippen LogP contribution in [0, 0.1) is 5.82 Å². The van der Waals surface area contributed by atoms with Crippen LogP contribution < -0.4 is 10.1 Å². The number of thioether (sulfide) groups is 1. The van der Waals surface area contributed by atoms with E-state index in [-0.39, 0.29) is 26.4 Å². The number of hydrogen-bond donors (Lipinski definition) is 2. The van der Waals surface area contributed by atoms with E-state index < -0.39 is 42.0 Å². The van der Waals surface area contributed by atoms with Crippen molar-refractivity contribution in [1.82, 2.24) is 4.90 Å². The Morgan fingerprint density at radius 1 is 1.19 bits per heavy atom. The Labute approximate surface area is 194 Å². The van der Waals surface area contributed by atoms with Crippen molar-refractivity contribution in [3.8, 4) is 5.75 Å². The molecule has 1 aliphatic heterocycles. The molecule has 12 heteroatoms. The number of rotatable bonds is 7. The third kappa shape index (κ3) is 5.78. The van der Waals surface area contributed by atoms with Gasteiger partial charge in [-0.1, -0.05) is 29.3 Å². The number of carbonyl (C=O) groups excluding carboxylic acids is 3. The van der Waals surface area contributed by atoms with E-state index in [9.17, 15) is 23.6 Å². The predicted molar refractivity (Wildman–Crippen MR) is 117 cm³/mol. The van der Waals surface area contributed by atoms with Gasteiger partial charge in [0.15, 0.2) is 12.4 Å². The van der Waals surface area contributed by atoms with Crippen molar-refractivity contribution >= 4 is 69.8 Å². The lowest BCUT2D eigenvalue weighted by Crippen LogP contribution is -2.36. The van der Waals surface area contributed by atoms with Gasteiger partial charge in [0.1, 0.15) is 12.4 Å². The van der Waals surface area contributed by atoms with Crippen LogP contribution in [0.15, 0.2) is 41.3 Å². The second-order valence-corrected chi connectivity index (χ2v) is 8.13. The number of nitrogens with zero attached hydrogens (tertiary/aromatic N) is 1. The van der Waals surface area contributed by atoms with Crippen LogP contribution in [0.25, 0.3) is 6.08 Å². The standard InChI is InChI=1S/C20H13Cl2FN2O6S/c21-13-4-10(5-14(22)18(13)31-9-17(27)28)6-15-19(29)25(20(30)32-15)8-16(26)24-12-3-1-2-11(23)7-12/h1-7H,8-9H2,(H,24,26)(H,27,28)/b15-6+. The van der Waals surface area contributed by atoms with Crippen LogP contribution in [0.1, 0.15) is 5.56 Å². The normalized spacial score (nSPS) is 14.7. The van der Waals surface area contributed by atoms with E-state index >= 15 is 0 Å². The summed E-state index contributed by atoms with van der Waals surface area (Å²) in [5.41, 5.74) is 0.546. The molecule has 0 aromatic heterocycles. The Morgan fingerprint density at radius 2 is 1.88 bits per heavy atom. The maximum Gasteiger partial charge on any atom is 0.341 e. The third-order valence-electron chi connectivity index (χ3n) is 3.94. The topological polar surface area (TPSA) is 113 Å². The van der Waals surface area contributed by atoms with E-state index in [0.29, 0.717) is 17.3 Å². The summed E-state index contributed by atoms with van der Waals surface area (Å²) in [6.07, 6.45) is 1.36. The molecule has 166 valence electrons. The summed E-state index contributed by atoms with van der Waals surface area (Å²) in [6.45, 7) is -1.20. The van der Waals surface area contributed by atoms with Crippen LogP contribution in [0.4, 0.5) is 14.9 Å². The second-order valence-electron chi connectivity index (χ2n) is 6.32. The molecule has 0 bridgehead atoms. The molecular formula is C20H13Cl2FN2O6S. The Balaban J connectivity index is 1.72. The van der Waals surface area contributed by atoms with Crippen LogP contribution in [0.5, 0.6) is 5.75 Å². The van der Waals surface area contributed by atoms with Gasteiger partial charge in [0.05, 0.1) is 15.0 Å². The Morgan fingerprint density at radius 3 is 2.50 bits per heavy atom. The predicted octanol–water partition coefficient (Wildman–Crippen LogP) is 4.27. The molecule has 0 atom stereocenters. The van der Waals surface area contributed by atoms with Crippen LogP contribution in [0.3, 0.4) is 0 Å². The summed E-state index contributed by atoms with van der Waals surface area (Å²) in [6, 6.07) is 7.95. The van der Waals surface area contributed by atoms with Crippen molar-refractivity contribution in [2.75, 3.05) is 18.5 Å². The van der Waals surface area contributed by atoms with E-state index in [1.54, 1.807) is 0 Å². The number of anilines is 1. The first-order valence-electron chi connectivity index (χ1n) is 8.78. The maximum absolute atomic E-state index is 13.2. The number of carboxylic acids is 1. The van der Waals surface area contributed by atoms with Crippen LogP contribution in [0.2, 0.25) is 10.0 Å². The Kier molecular flexibility index (Phi) is 7.39. The molecule has 32 heavy (non-hydrogen) atoms. The third-order valence-corrected chi connectivity index (χ3v) is 5.41. The van der Waals surface area contributed by atoms with Crippen LogP contribution in [-0.2, 0) is 14.4 Å². The number of ether oxygens (including phenoxy) is 1. The number of nitrogens with one attached hydrogen (secondary N) is 1. The average molecular weight is 499 g/mol. The number of carboxylic acid groups (broad SMARTS) is 1. The van der Waals surface area contributed by atoms with E-state index in [4.69, 9.17) is 33.0 Å². The summed E-state index contributed by atoms with van der Waals surface area (Å²) in [5, 5.41) is 10.5. The van der Waals surface area contributed by atoms with Crippen molar-refractivity contribution in [1.29, 1.82) is 0 Å². The molecular weight excluding hydrogens is 486 g/mol. The summed E-state index contributed by atoms with van der Waals surface area (Å²) in [4.78, 5) is 48.4. The molecule has 3 amide bonds. The zero-order chi connectivity index (χ0) is 23.4. The first kappa shape index (κ1) is 23.6. The molecule has 3 rings (SSSR count). The largest absolute Gasteiger partial charge is 0.479 e.